The first-order valence-corrected chi connectivity index (χ1v) is 12.9. The number of fused-ring (bicyclic) bond motifs is 1. The summed E-state index contributed by atoms with van der Waals surface area (Å²) in [5.74, 6) is 3.07. The molecule has 1 fully saturated rings. The third-order valence-corrected chi connectivity index (χ3v) is 7.61. The summed E-state index contributed by atoms with van der Waals surface area (Å²) in [4.78, 5) is 36.0. The second-order valence-electron chi connectivity index (χ2n) is 10.1. The summed E-state index contributed by atoms with van der Waals surface area (Å²) < 4.78 is 2.03. The van der Waals surface area contributed by atoms with Gasteiger partial charge in [0.15, 0.2) is 0 Å². The number of aryl methyl sites for hydroxylation is 1. The zero-order valence-corrected chi connectivity index (χ0v) is 21.8. The van der Waals surface area contributed by atoms with Crippen LogP contribution in [0.4, 0.5) is 11.5 Å². The molecule has 194 valence electrons. The number of nitrogens with one attached hydrogen (secondary N) is 1. The highest BCUT2D eigenvalue weighted by molar-refractivity contribution is 6.05. The number of amides is 2. The lowest BCUT2D eigenvalue weighted by molar-refractivity contribution is -0.135. The minimum atomic E-state index is -0.218. The number of allylic oxidation sites excluding steroid dienone is 2. The molecule has 3 aromatic rings. The van der Waals surface area contributed by atoms with Crippen LogP contribution in [0.25, 0.3) is 27.9 Å². The molecule has 0 spiro atoms. The average Bonchev–Trinajstić information content (AvgIpc) is 3.52. The van der Waals surface area contributed by atoms with Crippen molar-refractivity contribution in [3.63, 3.8) is 0 Å². The van der Waals surface area contributed by atoms with Gasteiger partial charge in [0.2, 0.25) is 5.91 Å². The molecular weight excluding hydrogens is 476 g/mol. The number of rotatable bonds is 5. The van der Waals surface area contributed by atoms with Crippen molar-refractivity contribution in [3.8, 4) is 23.6 Å². The van der Waals surface area contributed by atoms with Gasteiger partial charge in [0, 0.05) is 36.3 Å². The van der Waals surface area contributed by atoms with E-state index in [9.17, 15) is 9.59 Å². The second kappa shape index (κ2) is 10.2. The summed E-state index contributed by atoms with van der Waals surface area (Å²) in [5.41, 5.74) is 12.3. The lowest BCUT2D eigenvalue weighted by Gasteiger charge is -2.28. The molecule has 3 N–H and O–H groups in total. The van der Waals surface area contributed by atoms with Gasteiger partial charge in [-0.2, -0.15) is 0 Å². The Labute approximate surface area is 222 Å². The number of nitrogens with zero attached hydrogens (tertiary/aromatic N) is 4. The highest BCUT2D eigenvalue weighted by Crippen LogP contribution is 2.43. The van der Waals surface area contributed by atoms with Gasteiger partial charge >= 0.3 is 0 Å². The number of hydrogen-bond acceptors (Lipinski definition) is 5. The molecule has 1 saturated heterocycles. The number of nitrogens with two attached hydrogens (primary N) is 1. The molecule has 1 aliphatic heterocycles. The van der Waals surface area contributed by atoms with Crippen LogP contribution in [0.3, 0.4) is 0 Å². The van der Waals surface area contributed by atoms with E-state index in [1.54, 1.807) is 6.92 Å². The fraction of sp³-hybridized carbons (Fsp3) is 0.333. The Morgan fingerprint density at radius 2 is 1.97 bits per heavy atom. The number of hydrogen-bond donors (Lipinski definition) is 2. The number of anilines is 2. The Morgan fingerprint density at radius 3 is 2.63 bits per heavy atom. The molecule has 2 atom stereocenters. The van der Waals surface area contributed by atoms with Crippen LogP contribution >= 0.6 is 0 Å². The summed E-state index contributed by atoms with van der Waals surface area (Å²) in [6, 6.07) is 7.59. The van der Waals surface area contributed by atoms with Crippen LogP contribution < -0.4 is 11.1 Å². The quantitative estimate of drug-likeness (QED) is 0.389. The van der Waals surface area contributed by atoms with Crippen LogP contribution in [0, 0.1) is 18.3 Å². The van der Waals surface area contributed by atoms with E-state index in [0.717, 1.165) is 65.7 Å². The molecule has 0 bridgehead atoms. The molecule has 1 aromatic carbocycles. The number of likely N-dealkylation sites (tertiary alicyclic amines) is 1. The van der Waals surface area contributed by atoms with Crippen LogP contribution in [0.2, 0.25) is 0 Å². The van der Waals surface area contributed by atoms with Crippen molar-refractivity contribution < 1.29 is 9.59 Å². The zero-order chi connectivity index (χ0) is 27.0. The van der Waals surface area contributed by atoms with Gasteiger partial charge in [-0.15, -0.1) is 6.42 Å². The van der Waals surface area contributed by atoms with E-state index in [4.69, 9.17) is 12.2 Å². The van der Waals surface area contributed by atoms with Crippen molar-refractivity contribution >= 4 is 39.9 Å². The fourth-order valence-electron chi connectivity index (χ4n) is 5.60. The van der Waals surface area contributed by atoms with E-state index in [1.807, 2.05) is 40.8 Å². The third-order valence-electron chi connectivity index (χ3n) is 7.61. The molecule has 1 aliphatic carbocycles. The maximum absolute atomic E-state index is 13.2. The molecule has 0 unspecified atom stereocenters. The standard InChI is InChI=1S/C30H32N6O2/c1-5-23-7-6-16-36(23)30(38)21-10-8-19(9-11-21)24-25-27(31)32-17-33-28(25)35(4)26(24)20-12-14-22(15-13-20)34-29(37)18(2)3/h1,8,12-15,17,21,23H,2,6-7,9-11,16H2,3-4H3,(H,34,37)(H2,31,32,33)/t21-,23+/m0/s1. The monoisotopic (exact) mass is 508 g/mol. The van der Waals surface area contributed by atoms with E-state index in [-0.39, 0.29) is 23.8 Å². The summed E-state index contributed by atoms with van der Waals surface area (Å²) in [6.45, 7) is 6.10. The Kier molecular flexibility index (Phi) is 6.77. The largest absolute Gasteiger partial charge is 0.383 e. The number of carbonyl (C=O) groups is 2. The van der Waals surface area contributed by atoms with Crippen LogP contribution in [-0.4, -0.2) is 43.8 Å². The lowest BCUT2D eigenvalue weighted by atomic mass is 9.84. The van der Waals surface area contributed by atoms with Crippen LogP contribution in [0.1, 0.15) is 44.6 Å². The summed E-state index contributed by atoms with van der Waals surface area (Å²) in [5, 5.41) is 3.66. The molecule has 2 aliphatic rings. The third kappa shape index (κ3) is 4.45. The number of terminal acetylenes is 1. The molecule has 0 saturated carbocycles. The molecule has 8 nitrogen and oxygen atoms in total. The normalized spacial score (nSPS) is 19.2. The van der Waals surface area contributed by atoms with Gasteiger partial charge in [-0.05, 0) is 62.3 Å². The SMILES string of the molecule is C#C[C@@H]1CCCN1C(=O)[C@H]1CC=C(c2c(-c3ccc(NC(=O)C(=C)C)cc3)n(C)c3ncnc(N)c23)CC1. The number of nitrogen functional groups attached to an aromatic ring is 1. The van der Waals surface area contributed by atoms with Gasteiger partial charge in [0.1, 0.15) is 17.8 Å². The van der Waals surface area contributed by atoms with Gasteiger partial charge in [-0.1, -0.05) is 30.7 Å². The summed E-state index contributed by atoms with van der Waals surface area (Å²) >= 11 is 0. The minimum absolute atomic E-state index is 0.0732. The van der Waals surface area contributed by atoms with Gasteiger partial charge in [0.05, 0.1) is 17.1 Å². The molecule has 2 amide bonds. The molecule has 0 radical (unpaired) electrons. The zero-order valence-electron chi connectivity index (χ0n) is 21.8. The first kappa shape index (κ1) is 25.3. The van der Waals surface area contributed by atoms with E-state index in [1.165, 1.54) is 6.33 Å². The predicted molar refractivity (Wildman–Crippen MR) is 151 cm³/mol. The summed E-state index contributed by atoms with van der Waals surface area (Å²) in [6.07, 6.45) is 13.3. The lowest BCUT2D eigenvalue weighted by Crippen LogP contribution is -2.39. The van der Waals surface area contributed by atoms with Gasteiger partial charge < -0.3 is 20.5 Å². The van der Waals surface area contributed by atoms with Crippen molar-refractivity contribution in [2.24, 2.45) is 13.0 Å². The highest BCUT2D eigenvalue weighted by atomic mass is 16.2. The Hall–Kier alpha value is -4.38. The number of benzene rings is 1. The average molecular weight is 509 g/mol. The van der Waals surface area contributed by atoms with Crippen LogP contribution in [0.15, 0.2) is 48.8 Å². The van der Waals surface area contributed by atoms with E-state index in [2.05, 4.69) is 33.9 Å². The smallest absolute Gasteiger partial charge is 0.250 e. The molecule has 8 heteroatoms. The first-order valence-electron chi connectivity index (χ1n) is 12.9. The highest BCUT2D eigenvalue weighted by Gasteiger charge is 2.34. The maximum atomic E-state index is 13.2. The summed E-state index contributed by atoms with van der Waals surface area (Å²) in [7, 11) is 1.97. The minimum Gasteiger partial charge on any atom is -0.383 e. The topological polar surface area (TPSA) is 106 Å². The predicted octanol–water partition coefficient (Wildman–Crippen LogP) is 4.54. The molecule has 3 heterocycles. The van der Waals surface area contributed by atoms with Crippen molar-refractivity contribution in [2.75, 3.05) is 17.6 Å². The van der Waals surface area contributed by atoms with Crippen molar-refractivity contribution in [1.82, 2.24) is 19.4 Å². The van der Waals surface area contributed by atoms with Crippen molar-refractivity contribution in [3.05, 3.63) is 54.4 Å². The Morgan fingerprint density at radius 1 is 1.21 bits per heavy atom. The molecule has 2 aromatic heterocycles. The van der Waals surface area contributed by atoms with Gasteiger partial charge in [-0.3, -0.25) is 9.59 Å². The van der Waals surface area contributed by atoms with Crippen molar-refractivity contribution in [2.45, 2.75) is 45.1 Å². The molecule has 5 rings (SSSR count). The van der Waals surface area contributed by atoms with Crippen molar-refractivity contribution in [1.29, 1.82) is 0 Å². The first-order chi connectivity index (χ1) is 18.3. The van der Waals surface area contributed by atoms with Crippen LogP contribution in [-0.2, 0) is 16.6 Å². The van der Waals surface area contributed by atoms with E-state index in [0.29, 0.717) is 23.5 Å². The number of carbonyl (C=O) groups excluding carboxylic acids is 2. The maximum Gasteiger partial charge on any atom is 0.250 e. The number of aromatic nitrogens is 3. The van der Waals surface area contributed by atoms with Crippen LogP contribution in [0.5, 0.6) is 0 Å². The molecule has 38 heavy (non-hydrogen) atoms. The van der Waals surface area contributed by atoms with Gasteiger partial charge in [-0.25, -0.2) is 9.97 Å². The second-order valence-corrected chi connectivity index (χ2v) is 10.1. The van der Waals surface area contributed by atoms with E-state index < -0.39 is 0 Å². The molecular formula is C30H32N6O2. The Bertz CT molecular complexity index is 1510. The van der Waals surface area contributed by atoms with Gasteiger partial charge in [0.25, 0.3) is 5.91 Å². The van der Waals surface area contributed by atoms with E-state index >= 15 is 0 Å². The fourth-order valence-corrected chi connectivity index (χ4v) is 5.60. The Balaban J connectivity index is 1.51.